The Morgan fingerprint density at radius 3 is 2.50 bits per heavy atom. The van der Waals surface area contributed by atoms with Gasteiger partial charge in [-0.15, -0.1) is 11.8 Å². The highest BCUT2D eigenvalue weighted by molar-refractivity contribution is 8.00. The summed E-state index contributed by atoms with van der Waals surface area (Å²) in [5.74, 6) is 0.544. The van der Waals surface area contributed by atoms with Gasteiger partial charge in [-0.25, -0.2) is 0 Å². The molecule has 0 atom stereocenters. The van der Waals surface area contributed by atoms with Crippen LogP contribution in [-0.2, 0) is 16.1 Å². The fourth-order valence-corrected chi connectivity index (χ4v) is 3.33. The summed E-state index contributed by atoms with van der Waals surface area (Å²) in [6.07, 6.45) is 0. The van der Waals surface area contributed by atoms with Crippen molar-refractivity contribution in [2.75, 3.05) is 23.4 Å². The van der Waals surface area contributed by atoms with Gasteiger partial charge in [0.1, 0.15) is 0 Å². The first-order valence-corrected chi connectivity index (χ1v) is 9.91. The average molecular weight is 371 g/mol. The van der Waals surface area contributed by atoms with Gasteiger partial charge in [0.15, 0.2) is 0 Å². The minimum Gasteiger partial charge on any atom is -0.338 e. The largest absolute Gasteiger partial charge is 0.338 e. The van der Waals surface area contributed by atoms with E-state index in [9.17, 15) is 9.59 Å². The number of hydrogen-bond donors (Lipinski definition) is 1. The van der Waals surface area contributed by atoms with E-state index in [1.165, 1.54) is 17.3 Å². The standard InChI is InChI=1S/C21H26N2O2S/c1-4-23(13-18-10-6-5-9-17(18)3)21(25)15-26-14-20(24)22-19-11-7-8-16(2)12-19/h5-12H,4,13-15H2,1-3H3,(H,22,24). The van der Waals surface area contributed by atoms with Crippen LogP contribution in [0.15, 0.2) is 48.5 Å². The Balaban J connectivity index is 1.79. The molecule has 5 heteroatoms. The first kappa shape index (κ1) is 20.0. The van der Waals surface area contributed by atoms with Gasteiger partial charge >= 0.3 is 0 Å². The van der Waals surface area contributed by atoms with E-state index in [0.717, 1.165) is 16.8 Å². The maximum absolute atomic E-state index is 12.4. The zero-order valence-electron chi connectivity index (χ0n) is 15.6. The summed E-state index contributed by atoms with van der Waals surface area (Å²) in [5.41, 5.74) is 4.23. The monoisotopic (exact) mass is 370 g/mol. The molecule has 0 aliphatic rings. The van der Waals surface area contributed by atoms with Crippen LogP contribution in [0, 0.1) is 13.8 Å². The summed E-state index contributed by atoms with van der Waals surface area (Å²) in [4.78, 5) is 26.3. The molecule has 0 aliphatic heterocycles. The van der Waals surface area contributed by atoms with Crippen LogP contribution in [0.4, 0.5) is 5.69 Å². The summed E-state index contributed by atoms with van der Waals surface area (Å²) in [5, 5.41) is 2.86. The molecule has 0 aromatic heterocycles. The maximum Gasteiger partial charge on any atom is 0.234 e. The van der Waals surface area contributed by atoms with Gasteiger partial charge in [0.2, 0.25) is 11.8 Å². The lowest BCUT2D eigenvalue weighted by molar-refractivity contribution is -0.128. The van der Waals surface area contributed by atoms with E-state index in [1.807, 2.05) is 61.2 Å². The van der Waals surface area contributed by atoms with Crippen LogP contribution in [-0.4, -0.2) is 34.8 Å². The average Bonchev–Trinajstić information content (AvgIpc) is 2.61. The van der Waals surface area contributed by atoms with E-state index in [2.05, 4.69) is 18.3 Å². The molecule has 2 aromatic carbocycles. The molecule has 0 unspecified atom stereocenters. The van der Waals surface area contributed by atoms with E-state index in [0.29, 0.717) is 18.8 Å². The van der Waals surface area contributed by atoms with Crippen molar-refractivity contribution in [2.45, 2.75) is 27.3 Å². The molecule has 2 amide bonds. The van der Waals surface area contributed by atoms with E-state index < -0.39 is 0 Å². The van der Waals surface area contributed by atoms with Crippen LogP contribution in [0.25, 0.3) is 0 Å². The number of benzene rings is 2. The predicted molar refractivity (Wildman–Crippen MR) is 109 cm³/mol. The summed E-state index contributed by atoms with van der Waals surface area (Å²) >= 11 is 1.35. The molecule has 0 radical (unpaired) electrons. The number of carbonyl (C=O) groups excluding carboxylic acids is 2. The van der Waals surface area contributed by atoms with Gasteiger partial charge in [-0.1, -0.05) is 36.4 Å². The van der Waals surface area contributed by atoms with Crippen molar-refractivity contribution in [1.29, 1.82) is 0 Å². The summed E-state index contributed by atoms with van der Waals surface area (Å²) in [6, 6.07) is 15.8. The second-order valence-corrected chi connectivity index (χ2v) is 7.23. The predicted octanol–water partition coefficient (Wildman–Crippen LogP) is 4.02. The second-order valence-electron chi connectivity index (χ2n) is 6.24. The number of rotatable bonds is 8. The van der Waals surface area contributed by atoms with E-state index in [-0.39, 0.29) is 17.6 Å². The molecule has 138 valence electrons. The van der Waals surface area contributed by atoms with Crippen molar-refractivity contribution in [3.8, 4) is 0 Å². The number of amides is 2. The summed E-state index contributed by atoms with van der Waals surface area (Å²) in [7, 11) is 0. The number of anilines is 1. The molecule has 0 fully saturated rings. The lowest BCUT2D eigenvalue weighted by atomic mass is 10.1. The number of thioether (sulfide) groups is 1. The Morgan fingerprint density at radius 2 is 1.81 bits per heavy atom. The zero-order chi connectivity index (χ0) is 18.9. The van der Waals surface area contributed by atoms with Crippen LogP contribution in [0.2, 0.25) is 0 Å². The highest BCUT2D eigenvalue weighted by Crippen LogP contribution is 2.13. The molecule has 4 nitrogen and oxygen atoms in total. The Kier molecular flexibility index (Phi) is 7.73. The topological polar surface area (TPSA) is 49.4 Å². The first-order chi connectivity index (χ1) is 12.5. The van der Waals surface area contributed by atoms with Crippen LogP contribution in [0.1, 0.15) is 23.6 Å². The van der Waals surface area contributed by atoms with Crippen molar-refractivity contribution >= 4 is 29.3 Å². The second kappa shape index (κ2) is 10.0. The Labute approximate surface area is 160 Å². The van der Waals surface area contributed by atoms with Gasteiger partial charge in [0.05, 0.1) is 11.5 Å². The third-order valence-electron chi connectivity index (χ3n) is 4.12. The molecule has 0 heterocycles. The number of aryl methyl sites for hydroxylation is 2. The molecule has 1 N–H and O–H groups in total. The number of nitrogens with one attached hydrogen (secondary N) is 1. The van der Waals surface area contributed by atoms with Crippen molar-refractivity contribution in [1.82, 2.24) is 4.90 Å². The molecule has 0 aliphatic carbocycles. The van der Waals surface area contributed by atoms with Crippen molar-refractivity contribution < 1.29 is 9.59 Å². The Hall–Kier alpha value is -2.27. The number of carbonyl (C=O) groups is 2. The number of nitrogens with zero attached hydrogens (tertiary/aromatic N) is 1. The lowest BCUT2D eigenvalue weighted by Crippen LogP contribution is -2.32. The van der Waals surface area contributed by atoms with Crippen molar-refractivity contribution in [3.05, 3.63) is 65.2 Å². The SMILES string of the molecule is CCN(Cc1ccccc1C)C(=O)CSCC(=O)Nc1cccc(C)c1. The fraction of sp³-hybridized carbons (Fsp3) is 0.333. The van der Waals surface area contributed by atoms with E-state index in [1.54, 1.807) is 0 Å². The summed E-state index contributed by atoms with van der Waals surface area (Å²) in [6.45, 7) is 7.28. The lowest BCUT2D eigenvalue weighted by Gasteiger charge is -2.21. The molecule has 0 bridgehead atoms. The minimum absolute atomic E-state index is 0.0594. The molecular formula is C21H26N2O2S. The Bertz CT molecular complexity index is 761. The van der Waals surface area contributed by atoms with Crippen molar-refractivity contribution in [2.24, 2.45) is 0 Å². The molecule has 26 heavy (non-hydrogen) atoms. The quantitative estimate of drug-likeness (QED) is 0.763. The molecule has 0 spiro atoms. The first-order valence-electron chi connectivity index (χ1n) is 8.76. The van der Waals surface area contributed by atoms with Crippen molar-refractivity contribution in [3.63, 3.8) is 0 Å². The Morgan fingerprint density at radius 1 is 1.04 bits per heavy atom. The van der Waals surface area contributed by atoms with Gasteiger partial charge in [0, 0.05) is 18.8 Å². The zero-order valence-corrected chi connectivity index (χ0v) is 16.4. The molecule has 2 rings (SSSR count). The summed E-state index contributed by atoms with van der Waals surface area (Å²) < 4.78 is 0. The maximum atomic E-state index is 12.4. The third-order valence-corrected chi connectivity index (χ3v) is 5.03. The smallest absolute Gasteiger partial charge is 0.234 e. The van der Waals surface area contributed by atoms with Gasteiger partial charge in [-0.3, -0.25) is 9.59 Å². The minimum atomic E-state index is -0.0876. The van der Waals surface area contributed by atoms with Crippen LogP contribution >= 0.6 is 11.8 Å². The van der Waals surface area contributed by atoms with E-state index >= 15 is 0 Å². The molecule has 0 saturated carbocycles. The highest BCUT2D eigenvalue weighted by Gasteiger charge is 2.14. The van der Waals surface area contributed by atoms with Gasteiger partial charge in [0.25, 0.3) is 0 Å². The molecule has 0 saturated heterocycles. The van der Waals surface area contributed by atoms with Crippen LogP contribution in [0.5, 0.6) is 0 Å². The third kappa shape index (κ3) is 6.23. The fourth-order valence-electron chi connectivity index (χ4n) is 2.61. The normalized spacial score (nSPS) is 10.4. The van der Waals surface area contributed by atoms with Gasteiger partial charge in [-0.05, 0) is 49.6 Å². The van der Waals surface area contributed by atoms with Gasteiger partial charge < -0.3 is 10.2 Å². The highest BCUT2D eigenvalue weighted by atomic mass is 32.2. The van der Waals surface area contributed by atoms with Crippen LogP contribution in [0.3, 0.4) is 0 Å². The van der Waals surface area contributed by atoms with E-state index in [4.69, 9.17) is 0 Å². The number of hydrogen-bond acceptors (Lipinski definition) is 3. The molecule has 2 aromatic rings. The van der Waals surface area contributed by atoms with Crippen LogP contribution < -0.4 is 5.32 Å². The van der Waals surface area contributed by atoms with Gasteiger partial charge in [-0.2, -0.15) is 0 Å². The molecular weight excluding hydrogens is 344 g/mol.